The molecule has 1 unspecified atom stereocenters. The first-order valence-corrected chi connectivity index (χ1v) is 11.3. The molecule has 0 aliphatic carbocycles. The second-order valence-electron chi connectivity index (χ2n) is 8.62. The van der Waals surface area contributed by atoms with E-state index in [-0.39, 0.29) is 17.8 Å². The molecule has 35 heavy (non-hydrogen) atoms. The highest BCUT2D eigenvalue weighted by Gasteiger charge is 2.27. The molecule has 1 amide bonds. The van der Waals surface area contributed by atoms with Gasteiger partial charge in [-0.25, -0.2) is 9.67 Å². The standard InChI is InChI=1S/C24H26N8O3/c1-14(2)11-17(23(33)26-12-15-7-4-5-8-18(15)34-3)31-22-16(13-27-31)21-28-20(19-9-6-10-35-19)30-32(21)24(25)29-22/h4-10,13-14,17H,11-12H2,1-3H3,(H2,25,29)(H,26,33). The number of amides is 1. The molecule has 0 bridgehead atoms. The smallest absolute Gasteiger partial charge is 0.245 e. The number of hydrogen-bond acceptors (Lipinski definition) is 8. The van der Waals surface area contributed by atoms with Crippen LogP contribution in [0.15, 0.2) is 53.3 Å². The first-order chi connectivity index (χ1) is 17.0. The van der Waals surface area contributed by atoms with Gasteiger partial charge in [0, 0.05) is 12.1 Å². The fourth-order valence-electron chi connectivity index (χ4n) is 4.08. The molecule has 0 spiro atoms. The van der Waals surface area contributed by atoms with E-state index in [0.717, 1.165) is 5.56 Å². The van der Waals surface area contributed by atoms with Gasteiger partial charge in [-0.15, -0.1) is 5.10 Å². The number of aromatic nitrogens is 6. The number of ether oxygens (including phenoxy) is 1. The maximum absolute atomic E-state index is 13.4. The molecule has 5 rings (SSSR count). The fraction of sp³-hybridized carbons (Fsp3) is 0.292. The number of rotatable bonds is 8. The second kappa shape index (κ2) is 9.09. The van der Waals surface area contributed by atoms with Gasteiger partial charge in [0.15, 0.2) is 17.1 Å². The Hall–Kier alpha value is -4.41. The topological polar surface area (TPSA) is 138 Å². The lowest BCUT2D eigenvalue weighted by Gasteiger charge is -2.20. The van der Waals surface area contributed by atoms with Crippen LogP contribution in [-0.2, 0) is 11.3 Å². The zero-order valence-electron chi connectivity index (χ0n) is 19.7. The van der Waals surface area contributed by atoms with Crippen LogP contribution in [0.5, 0.6) is 5.75 Å². The molecule has 4 heterocycles. The average molecular weight is 475 g/mol. The van der Waals surface area contributed by atoms with E-state index < -0.39 is 6.04 Å². The number of anilines is 1. The number of fused-ring (bicyclic) bond motifs is 3. The molecule has 1 aromatic carbocycles. The van der Waals surface area contributed by atoms with Crippen LogP contribution in [0.1, 0.15) is 31.9 Å². The predicted octanol–water partition coefficient (Wildman–Crippen LogP) is 3.23. The largest absolute Gasteiger partial charge is 0.496 e. The van der Waals surface area contributed by atoms with Crippen LogP contribution in [-0.4, -0.2) is 42.4 Å². The molecule has 5 aromatic rings. The summed E-state index contributed by atoms with van der Waals surface area (Å²) in [5.74, 6) is 1.81. The summed E-state index contributed by atoms with van der Waals surface area (Å²) in [6, 6.07) is 10.5. The Bertz CT molecular complexity index is 1490. The minimum absolute atomic E-state index is 0.136. The molecule has 0 fully saturated rings. The first-order valence-electron chi connectivity index (χ1n) is 11.3. The third-order valence-corrected chi connectivity index (χ3v) is 5.73. The van der Waals surface area contributed by atoms with Crippen molar-refractivity contribution in [2.24, 2.45) is 5.92 Å². The summed E-state index contributed by atoms with van der Waals surface area (Å²) in [7, 11) is 1.61. The summed E-state index contributed by atoms with van der Waals surface area (Å²) in [6.07, 6.45) is 3.75. The molecule has 3 N–H and O–H groups in total. The summed E-state index contributed by atoms with van der Waals surface area (Å²) >= 11 is 0. The number of nitrogen functional groups attached to an aromatic ring is 1. The first kappa shape index (κ1) is 22.4. The van der Waals surface area contributed by atoms with Crippen molar-refractivity contribution in [1.29, 1.82) is 0 Å². The minimum Gasteiger partial charge on any atom is -0.496 e. The van der Waals surface area contributed by atoms with E-state index in [1.54, 1.807) is 36.4 Å². The number of nitrogens with two attached hydrogens (primary N) is 1. The molecule has 11 heteroatoms. The van der Waals surface area contributed by atoms with Crippen molar-refractivity contribution < 1.29 is 13.9 Å². The third kappa shape index (κ3) is 4.16. The van der Waals surface area contributed by atoms with Crippen LogP contribution >= 0.6 is 0 Å². The third-order valence-electron chi connectivity index (χ3n) is 5.73. The molecule has 4 aromatic heterocycles. The number of benzene rings is 1. The molecular weight excluding hydrogens is 448 g/mol. The quantitative estimate of drug-likeness (QED) is 0.349. The number of para-hydroxylation sites is 1. The number of furan rings is 1. The van der Waals surface area contributed by atoms with E-state index in [2.05, 4.69) is 39.3 Å². The Kier molecular flexibility index (Phi) is 5.81. The summed E-state index contributed by atoms with van der Waals surface area (Å²) in [6.45, 7) is 4.44. The second-order valence-corrected chi connectivity index (χ2v) is 8.62. The van der Waals surface area contributed by atoms with Gasteiger partial charge in [-0.2, -0.15) is 14.6 Å². The van der Waals surface area contributed by atoms with Crippen LogP contribution in [0.4, 0.5) is 5.95 Å². The molecule has 180 valence electrons. The van der Waals surface area contributed by atoms with E-state index >= 15 is 0 Å². The van der Waals surface area contributed by atoms with Crippen molar-refractivity contribution in [3.8, 4) is 17.3 Å². The van der Waals surface area contributed by atoms with E-state index in [9.17, 15) is 4.79 Å². The minimum atomic E-state index is -0.593. The molecule has 0 radical (unpaired) electrons. The summed E-state index contributed by atoms with van der Waals surface area (Å²) in [4.78, 5) is 22.5. The molecule has 0 saturated heterocycles. The Labute approximate surface area is 200 Å². The van der Waals surface area contributed by atoms with Gasteiger partial charge < -0.3 is 20.2 Å². The van der Waals surface area contributed by atoms with Crippen molar-refractivity contribution >= 4 is 28.5 Å². The SMILES string of the molecule is COc1ccccc1CNC(=O)C(CC(C)C)n1ncc2c1nc(N)n1nc(-c3ccco3)nc21. The number of carbonyl (C=O) groups is 1. The Balaban J connectivity index is 1.51. The summed E-state index contributed by atoms with van der Waals surface area (Å²) in [5.41, 5.74) is 8.06. The monoisotopic (exact) mass is 474 g/mol. The summed E-state index contributed by atoms with van der Waals surface area (Å²) < 4.78 is 13.9. The van der Waals surface area contributed by atoms with Gasteiger partial charge in [0.2, 0.25) is 17.7 Å². The van der Waals surface area contributed by atoms with Gasteiger partial charge in [-0.05, 0) is 30.5 Å². The van der Waals surface area contributed by atoms with Gasteiger partial charge in [0.1, 0.15) is 11.8 Å². The van der Waals surface area contributed by atoms with Crippen LogP contribution in [0, 0.1) is 5.92 Å². The molecular formula is C24H26N8O3. The van der Waals surface area contributed by atoms with E-state index in [4.69, 9.17) is 14.9 Å². The Morgan fingerprint density at radius 2 is 2.00 bits per heavy atom. The molecule has 0 aliphatic heterocycles. The maximum Gasteiger partial charge on any atom is 0.245 e. The van der Waals surface area contributed by atoms with Crippen LogP contribution in [0.2, 0.25) is 0 Å². The highest BCUT2D eigenvalue weighted by Crippen LogP contribution is 2.27. The zero-order valence-corrected chi connectivity index (χ0v) is 19.7. The van der Waals surface area contributed by atoms with Crippen LogP contribution in [0.3, 0.4) is 0 Å². The van der Waals surface area contributed by atoms with Crippen molar-refractivity contribution in [2.75, 3.05) is 12.8 Å². The highest BCUT2D eigenvalue weighted by molar-refractivity contribution is 5.92. The molecule has 0 aliphatic rings. The van der Waals surface area contributed by atoms with E-state index in [1.807, 2.05) is 24.3 Å². The normalized spacial score (nSPS) is 12.5. The van der Waals surface area contributed by atoms with E-state index in [0.29, 0.717) is 47.0 Å². The van der Waals surface area contributed by atoms with Crippen molar-refractivity contribution in [2.45, 2.75) is 32.9 Å². The lowest BCUT2D eigenvalue weighted by molar-refractivity contribution is -0.125. The fourth-order valence-corrected chi connectivity index (χ4v) is 4.08. The molecule has 11 nitrogen and oxygen atoms in total. The maximum atomic E-state index is 13.4. The van der Waals surface area contributed by atoms with Crippen LogP contribution < -0.4 is 15.8 Å². The lowest BCUT2D eigenvalue weighted by Crippen LogP contribution is -2.34. The van der Waals surface area contributed by atoms with Gasteiger partial charge >= 0.3 is 0 Å². The van der Waals surface area contributed by atoms with E-state index in [1.165, 1.54) is 4.52 Å². The number of methoxy groups -OCH3 is 1. The van der Waals surface area contributed by atoms with Crippen LogP contribution in [0.25, 0.3) is 28.3 Å². The van der Waals surface area contributed by atoms with Gasteiger partial charge in [-0.3, -0.25) is 4.79 Å². The Morgan fingerprint density at radius 3 is 2.74 bits per heavy atom. The van der Waals surface area contributed by atoms with Gasteiger partial charge in [-0.1, -0.05) is 32.0 Å². The number of carbonyl (C=O) groups excluding carboxylic acids is 1. The highest BCUT2D eigenvalue weighted by atomic mass is 16.5. The Morgan fingerprint density at radius 1 is 1.17 bits per heavy atom. The predicted molar refractivity (Wildman–Crippen MR) is 130 cm³/mol. The number of nitrogens with zero attached hydrogens (tertiary/aromatic N) is 6. The van der Waals surface area contributed by atoms with Crippen molar-refractivity contribution in [3.63, 3.8) is 0 Å². The molecule has 1 atom stereocenters. The van der Waals surface area contributed by atoms with Gasteiger partial charge in [0.05, 0.1) is 25.0 Å². The average Bonchev–Trinajstić information content (AvgIpc) is 3.60. The zero-order chi connectivity index (χ0) is 24.5. The lowest BCUT2D eigenvalue weighted by atomic mass is 10.0. The number of hydrogen-bond donors (Lipinski definition) is 2. The van der Waals surface area contributed by atoms with Crippen molar-refractivity contribution in [1.82, 2.24) is 34.7 Å². The summed E-state index contributed by atoms with van der Waals surface area (Å²) in [5, 5.41) is 12.6. The number of nitrogens with one attached hydrogen (secondary N) is 1. The van der Waals surface area contributed by atoms with Crippen molar-refractivity contribution in [3.05, 3.63) is 54.4 Å². The molecule has 0 saturated carbocycles. The van der Waals surface area contributed by atoms with Gasteiger partial charge in [0.25, 0.3) is 0 Å².